The lowest BCUT2D eigenvalue weighted by Crippen LogP contribution is -2.20. The van der Waals surface area contributed by atoms with Crippen molar-refractivity contribution in [2.45, 2.75) is 6.04 Å². The molecule has 1 aromatic heterocycles. The van der Waals surface area contributed by atoms with Crippen LogP contribution < -0.4 is 5.73 Å². The van der Waals surface area contributed by atoms with E-state index < -0.39 is 12.0 Å². The Bertz CT molecular complexity index is 563. The first-order chi connectivity index (χ1) is 7.49. The quantitative estimate of drug-likeness (QED) is 0.746. The monoisotopic (exact) mass is 241 g/mol. The van der Waals surface area contributed by atoms with E-state index in [1.54, 1.807) is 0 Å². The molecule has 1 aromatic carbocycles. The van der Waals surface area contributed by atoms with Crippen molar-refractivity contribution >= 4 is 28.5 Å². The van der Waals surface area contributed by atoms with E-state index >= 15 is 0 Å². The van der Waals surface area contributed by atoms with Gasteiger partial charge in [-0.25, -0.2) is 0 Å². The molecule has 0 spiro atoms. The lowest BCUT2D eigenvalue weighted by molar-refractivity contribution is -0.138. The van der Waals surface area contributed by atoms with Gasteiger partial charge in [0.1, 0.15) is 17.4 Å². The molecule has 0 bridgehead atoms. The number of aliphatic carboxylic acids is 1. The van der Waals surface area contributed by atoms with E-state index in [1.165, 1.54) is 18.2 Å². The number of benzene rings is 1. The van der Waals surface area contributed by atoms with Gasteiger partial charge in [0.15, 0.2) is 5.22 Å². The van der Waals surface area contributed by atoms with E-state index in [2.05, 4.69) is 0 Å². The van der Waals surface area contributed by atoms with Gasteiger partial charge in [-0.1, -0.05) is 0 Å². The highest BCUT2D eigenvalue weighted by Gasteiger charge is 2.19. The molecule has 2 aromatic rings. The van der Waals surface area contributed by atoms with Gasteiger partial charge in [-0.05, 0) is 23.7 Å². The molecule has 6 heteroatoms. The minimum absolute atomic E-state index is 0.0889. The Hall–Kier alpha value is -1.72. The number of nitrogens with two attached hydrogens (primary N) is 1. The standard InChI is InChI=1S/C10H8ClNO4/c11-8-2-4-1-6(13)5(3-7(4)16-8)9(12)10(14)15/h1-3,9,13H,12H2,(H,14,15). The molecule has 5 nitrogen and oxygen atoms in total. The predicted molar refractivity (Wildman–Crippen MR) is 57.5 cm³/mol. The first kappa shape index (κ1) is 10.8. The Kier molecular flexibility index (Phi) is 2.49. The predicted octanol–water partition coefficient (Wildman–Crippen LogP) is 1.88. The maximum atomic E-state index is 10.7. The van der Waals surface area contributed by atoms with Gasteiger partial charge in [0.2, 0.25) is 0 Å². The van der Waals surface area contributed by atoms with Crippen molar-refractivity contribution in [3.05, 3.63) is 29.0 Å². The van der Waals surface area contributed by atoms with Crippen LogP contribution in [0.1, 0.15) is 11.6 Å². The van der Waals surface area contributed by atoms with Gasteiger partial charge in [0.25, 0.3) is 0 Å². The van der Waals surface area contributed by atoms with Crippen LogP contribution in [0.5, 0.6) is 5.75 Å². The molecule has 1 atom stereocenters. The molecule has 0 fully saturated rings. The van der Waals surface area contributed by atoms with Crippen LogP contribution in [0.4, 0.5) is 0 Å². The molecule has 16 heavy (non-hydrogen) atoms. The fraction of sp³-hybridized carbons (Fsp3) is 0.100. The summed E-state index contributed by atoms with van der Waals surface area (Å²) < 4.78 is 5.10. The molecule has 0 aliphatic heterocycles. The fourth-order valence-corrected chi connectivity index (χ4v) is 1.64. The smallest absolute Gasteiger partial charge is 0.325 e. The second kappa shape index (κ2) is 3.70. The molecule has 0 saturated heterocycles. The molecule has 1 heterocycles. The molecule has 0 aliphatic carbocycles. The van der Waals surface area contributed by atoms with Crippen molar-refractivity contribution < 1.29 is 19.4 Å². The zero-order chi connectivity index (χ0) is 11.9. The Labute approximate surface area is 95.0 Å². The Morgan fingerprint density at radius 1 is 1.44 bits per heavy atom. The van der Waals surface area contributed by atoms with Crippen molar-refractivity contribution in [3.8, 4) is 5.75 Å². The summed E-state index contributed by atoms with van der Waals surface area (Å²) in [5.74, 6) is -1.42. The van der Waals surface area contributed by atoms with Gasteiger partial charge in [0, 0.05) is 17.0 Å². The summed E-state index contributed by atoms with van der Waals surface area (Å²) in [6.45, 7) is 0. The maximum absolute atomic E-state index is 10.7. The zero-order valence-electron chi connectivity index (χ0n) is 7.98. The first-order valence-corrected chi connectivity index (χ1v) is 4.77. The number of phenols is 1. The van der Waals surface area contributed by atoms with E-state index in [0.29, 0.717) is 11.0 Å². The van der Waals surface area contributed by atoms with Crippen LogP contribution in [0.15, 0.2) is 22.6 Å². The molecule has 0 radical (unpaired) electrons. The molecule has 1 unspecified atom stereocenters. The van der Waals surface area contributed by atoms with Crippen LogP contribution in [0.25, 0.3) is 11.0 Å². The van der Waals surface area contributed by atoms with Crippen LogP contribution in [0.2, 0.25) is 5.22 Å². The average Bonchev–Trinajstić information content (AvgIpc) is 2.54. The zero-order valence-corrected chi connectivity index (χ0v) is 8.73. The number of furan rings is 1. The number of aromatic hydroxyl groups is 1. The normalized spacial score (nSPS) is 12.9. The molecule has 2 rings (SSSR count). The summed E-state index contributed by atoms with van der Waals surface area (Å²) in [4.78, 5) is 10.7. The van der Waals surface area contributed by atoms with E-state index in [9.17, 15) is 9.90 Å². The number of carboxylic acid groups (broad SMARTS) is 1. The molecule has 0 amide bonds. The van der Waals surface area contributed by atoms with Crippen molar-refractivity contribution in [1.29, 1.82) is 0 Å². The van der Waals surface area contributed by atoms with E-state index in [0.717, 1.165) is 0 Å². The highest BCUT2D eigenvalue weighted by Crippen LogP contribution is 2.32. The molecule has 4 N–H and O–H groups in total. The Morgan fingerprint density at radius 3 is 2.75 bits per heavy atom. The van der Waals surface area contributed by atoms with Gasteiger partial charge in [-0.2, -0.15) is 0 Å². The molecule has 0 saturated carbocycles. The van der Waals surface area contributed by atoms with Crippen molar-refractivity contribution in [3.63, 3.8) is 0 Å². The third kappa shape index (κ3) is 1.70. The van der Waals surface area contributed by atoms with E-state index in [4.69, 9.17) is 26.9 Å². The summed E-state index contributed by atoms with van der Waals surface area (Å²) in [7, 11) is 0. The largest absolute Gasteiger partial charge is 0.508 e. The summed E-state index contributed by atoms with van der Waals surface area (Å²) in [6, 6.07) is 2.96. The van der Waals surface area contributed by atoms with Gasteiger partial charge in [-0.3, -0.25) is 4.79 Å². The second-order valence-electron chi connectivity index (χ2n) is 3.32. The van der Waals surface area contributed by atoms with Crippen LogP contribution in [0, 0.1) is 0 Å². The van der Waals surface area contributed by atoms with Crippen molar-refractivity contribution in [2.24, 2.45) is 5.73 Å². The van der Waals surface area contributed by atoms with Crippen LogP contribution >= 0.6 is 11.6 Å². The SMILES string of the molecule is NC(C(=O)O)c1cc2oc(Cl)cc2cc1O. The third-order valence-electron chi connectivity index (χ3n) is 2.24. The van der Waals surface area contributed by atoms with E-state index in [1.807, 2.05) is 0 Å². The Balaban J connectivity index is 2.61. The molecule has 0 aliphatic rings. The summed E-state index contributed by atoms with van der Waals surface area (Å²) in [6.07, 6.45) is 0. The fourth-order valence-electron chi connectivity index (χ4n) is 1.44. The van der Waals surface area contributed by atoms with Crippen LogP contribution in [0.3, 0.4) is 0 Å². The maximum Gasteiger partial charge on any atom is 0.325 e. The molecular formula is C10H8ClNO4. The molecular weight excluding hydrogens is 234 g/mol. The lowest BCUT2D eigenvalue weighted by atomic mass is 10.1. The minimum Gasteiger partial charge on any atom is -0.508 e. The summed E-state index contributed by atoms with van der Waals surface area (Å²) >= 11 is 5.63. The third-order valence-corrected chi connectivity index (χ3v) is 2.42. The number of carbonyl (C=O) groups is 1. The van der Waals surface area contributed by atoms with Crippen LogP contribution in [-0.2, 0) is 4.79 Å². The second-order valence-corrected chi connectivity index (χ2v) is 3.69. The molecule has 84 valence electrons. The number of fused-ring (bicyclic) bond motifs is 1. The highest BCUT2D eigenvalue weighted by atomic mass is 35.5. The first-order valence-electron chi connectivity index (χ1n) is 4.39. The number of rotatable bonds is 2. The van der Waals surface area contributed by atoms with E-state index in [-0.39, 0.29) is 16.5 Å². The number of halogens is 1. The lowest BCUT2D eigenvalue weighted by Gasteiger charge is -2.08. The van der Waals surface area contributed by atoms with Gasteiger partial charge < -0.3 is 20.4 Å². The number of hydrogen-bond donors (Lipinski definition) is 3. The topological polar surface area (TPSA) is 96.7 Å². The number of hydrogen-bond acceptors (Lipinski definition) is 4. The summed E-state index contributed by atoms with van der Waals surface area (Å²) in [5.41, 5.74) is 5.87. The van der Waals surface area contributed by atoms with Crippen molar-refractivity contribution in [2.75, 3.05) is 0 Å². The van der Waals surface area contributed by atoms with Gasteiger partial charge >= 0.3 is 5.97 Å². The summed E-state index contributed by atoms with van der Waals surface area (Å²) in [5, 5.41) is 19.1. The Morgan fingerprint density at radius 2 is 2.12 bits per heavy atom. The highest BCUT2D eigenvalue weighted by molar-refractivity contribution is 6.29. The van der Waals surface area contributed by atoms with Crippen molar-refractivity contribution in [1.82, 2.24) is 0 Å². The van der Waals surface area contributed by atoms with Crippen LogP contribution in [-0.4, -0.2) is 16.2 Å². The average molecular weight is 242 g/mol. The minimum atomic E-state index is -1.30. The number of phenolic OH excluding ortho intramolecular Hbond substituents is 1. The van der Waals surface area contributed by atoms with Gasteiger partial charge in [-0.15, -0.1) is 0 Å². The van der Waals surface area contributed by atoms with Gasteiger partial charge in [0.05, 0.1) is 0 Å². The number of carboxylic acids is 1.